The molecule has 0 saturated carbocycles. The van der Waals surface area contributed by atoms with Gasteiger partial charge in [0.25, 0.3) is 5.91 Å². The van der Waals surface area contributed by atoms with Crippen molar-refractivity contribution in [2.45, 2.75) is 32.1 Å². The summed E-state index contributed by atoms with van der Waals surface area (Å²) in [6.07, 6.45) is 4.96. The predicted octanol–water partition coefficient (Wildman–Crippen LogP) is 1.59. The SMILES string of the molecule is Nc1nscc1C(=O)N1CCC(C(=O)N2CCCCC2)CC1. The molecule has 1 aromatic heterocycles. The van der Waals surface area contributed by atoms with Gasteiger partial charge < -0.3 is 15.5 Å². The van der Waals surface area contributed by atoms with Crippen molar-refractivity contribution < 1.29 is 9.59 Å². The summed E-state index contributed by atoms with van der Waals surface area (Å²) in [6, 6.07) is 0. The van der Waals surface area contributed by atoms with Crippen molar-refractivity contribution >= 4 is 29.2 Å². The van der Waals surface area contributed by atoms with Gasteiger partial charge in [0.15, 0.2) is 0 Å². The number of carbonyl (C=O) groups excluding carboxylic acids is 2. The lowest BCUT2D eigenvalue weighted by Gasteiger charge is -2.35. The fourth-order valence-electron chi connectivity index (χ4n) is 3.28. The van der Waals surface area contributed by atoms with Crippen LogP contribution in [0.15, 0.2) is 5.38 Å². The summed E-state index contributed by atoms with van der Waals surface area (Å²) in [6.45, 7) is 3.04. The maximum atomic E-state index is 12.5. The summed E-state index contributed by atoms with van der Waals surface area (Å²) in [5, 5.41) is 1.70. The highest BCUT2D eigenvalue weighted by Crippen LogP contribution is 2.24. The standard InChI is InChI=1S/C15H22N4O2S/c16-13-12(10-22-17-13)15(21)19-8-4-11(5-9-19)14(20)18-6-2-1-3-7-18/h10-11H,1-9H2,(H2,16,17). The highest BCUT2D eigenvalue weighted by Gasteiger charge is 2.31. The van der Waals surface area contributed by atoms with Gasteiger partial charge in [-0.2, -0.15) is 4.37 Å². The topological polar surface area (TPSA) is 79.5 Å². The number of likely N-dealkylation sites (tertiary alicyclic amines) is 2. The highest BCUT2D eigenvalue weighted by atomic mass is 32.1. The van der Waals surface area contributed by atoms with E-state index in [0.717, 1.165) is 38.8 Å². The number of nitrogen functional groups attached to an aromatic ring is 1. The first-order valence-electron chi connectivity index (χ1n) is 7.94. The van der Waals surface area contributed by atoms with Crippen LogP contribution in [0.4, 0.5) is 5.82 Å². The van der Waals surface area contributed by atoms with Gasteiger partial charge in [0.2, 0.25) is 5.91 Å². The molecule has 22 heavy (non-hydrogen) atoms. The Kier molecular flexibility index (Phi) is 4.61. The number of anilines is 1. The third-order valence-corrected chi connectivity index (χ3v) is 5.27. The predicted molar refractivity (Wildman–Crippen MR) is 85.6 cm³/mol. The van der Waals surface area contributed by atoms with Crippen LogP contribution < -0.4 is 5.73 Å². The summed E-state index contributed by atoms with van der Waals surface area (Å²) in [5.41, 5.74) is 6.20. The number of aromatic nitrogens is 1. The van der Waals surface area contributed by atoms with Crippen molar-refractivity contribution in [3.8, 4) is 0 Å². The lowest BCUT2D eigenvalue weighted by Crippen LogP contribution is -2.45. The van der Waals surface area contributed by atoms with Gasteiger partial charge in [-0.3, -0.25) is 9.59 Å². The molecule has 0 aromatic carbocycles. The van der Waals surface area contributed by atoms with Gasteiger partial charge in [-0.25, -0.2) is 0 Å². The molecule has 0 bridgehead atoms. The number of hydrogen-bond acceptors (Lipinski definition) is 5. The monoisotopic (exact) mass is 322 g/mol. The van der Waals surface area contributed by atoms with Crippen LogP contribution in [0, 0.1) is 5.92 Å². The second-order valence-electron chi connectivity index (χ2n) is 6.07. The van der Waals surface area contributed by atoms with Crippen molar-refractivity contribution in [1.82, 2.24) is 14.2 Å². The van der Waals surface area contributed by atoms with Gasteiger partial charge in [-0.05, 0) is 43.6 Å². The lowest BCUT2D eigenvalue weighted by atomic mass is 9.94. The number of nitrogens with two attached hydrogens (primary N) is 1. The van der Waals surface area contributed by atoms with Crippen LogP contribution >= 0.6 is 11.5 Å². The molecule has 7 heteroatoms. The van der Waals surface area contributed by atoms with E-state index in [0.29, 0.717) is 24.5 Å². The Morgan fingerprint density at radius 3 is 2.36 bits per heavy atom. The molecule has 120 valence electrons. The molecule has 2 aliphatic rings. The summed E-state index contributed by atoms with van der Waals surface area (Å²) in [5.74, 6) is 0.597. The van der Waals surface area contributed by atoms with Crippen LogP contribution in [-0.4, -0.2) is 52.2 Å². The molecule has 0 aliphatic carbocycles. The van der Waals surface area contributed by atoms with E-state index in [1.807, 2.05) is 4.90 Å². The van der Waals surface area contributed by atoms with Crippen LogP contribution in [-0.2, 0) is 4.79 Å². The first-order valence-corrected chi connectivity index (χ1v) is 8.78. The second-order valence-corrected chi connectivity index (χ2v) is 6.69. The third-order valence-electron chi connectivity index (χ3n) is 4.63. The molecule has 2 fully saturated rings. The fourth-order valence-corrected chi connectivity index (χ4v) is 3.87. The van der Waals surface area contributed by atoms with Crippen LogP contribution in [0.1, 0.15) is 42.5 Å². The molecule has 0 atom stereocenters. The molecule has 1 aromatic rings. The molecule has 3 heterocycles. The Bertz CT molecular complexity index is 545. The minimum absolute atomic E-state index is 0.0601. The Morgan fingerprint density at radius 1 is 1.09 bits per heavy atom. The van der Waals surface area contributed by atoms with E-state index in [-0.39, 0.29) is 17.7 Å². The molecule has 0 radical (unpaired) electrons. The number of carbonyl (C=O) groups is 2. The average Bonchev–Trinajstić information content (AvgIpc) is 3.00. The summed E-state index contributed by atoms with van der Waals surface area (Å²) in [4.78, 5) is 28.7. The van der Waals surface area contributed by atoms with Gasteiger partial charge in [0, 0.05) is 37.5 Å². The summed E-state index contributed by atoms with van der Waals surface area (Å²) in [7, 11) is 0. The lowest BCUT2D eigenvalue weighted by molar-refractivity contribution is -0.137. The molecule has 2 amide bonds. The average molecular weight is 322 g/mol. The molecular formula is C15H22N4O2S. The fraction of sp³-hybridized carbons (Fsp3) is 0.667. The van der Waals surface area contributed by atoms with E-state index in [2.05, 4.69) is 4.37 Å². The number of nitrogens with zero attached hydrogens (tertiary/aromatic N) is 3. The van der Waals surface area contributed by atoms with E-state index in [1.54, 1.807) is 10.3 Å². The van der Waals surface area contributed by atoms with E-state index < -0.39 is 0 Å². The number of hydrogen-bond donors (Lipinski definition) is 1. The molecule has 2 N–H and O–H groups in total. The summed E-state index contributed by atoms with van der Waals surface area (Å²) >= 11 is 1.20. The second kappa shape index (κ2) is 6.64. The third kappa shape index (κ3) is 3.09. The first-order chi connectivity index (χ1) is 10.7. The van der Waals surface area contributed by atoms with E-state index >= 15 is 0 Å². The number of amides is 2. The van der Waals surface area contributed by atoms with E-state index in [4.69, 9.17) is 5.73 Å². The Balaban J connectivity index is 1.55. The molecule has 2 saturated heterocycles. The maximum absolute atomic E-state index is 12.5. The van der Waals surface area contributed by atoms with Crippen LogP contribution in [0.2, 0.25) is 0 Å². The van der Waals surface area contributed by atoms with Crippen molar-refractivity contribution in [2.24, 2.45) is 5.92 Å². The quantitative estimate of drug-likeness (QED) is 0.897. The number of piperidine rings is 2. The smallest absolute Gasteiger partial charge is 0.258 e. The Morgan fingerprint density at radius 2 is 1.77 bits per heavy atom. The van der Waals surface area contributed by atoms with Crippen molar-refractivity contribution in [2.75, 3.05) is 31.9 Å². The van der Waals surface area contributed by atoms with E-state index in [9.17, 15) is 9.59 Å². The molecule has 6 nitrogen and oxygen atoms in total. The van der Waals surface area contributed by atoms with Crippen LogP contribution in [0.3, 0.4) is 0 Å². The van der Waals surface area contributed by atoms with Gasteiger partial charge in [0.05, 0.1) is 5.56 Å². The van der Waals surface area contributed by atoms with Crippen LogP contribution in [0.5, 0.6) is 0 Å². The largest absolute Gasteiger partial charge is 0.382 e. The van der Waals surface area contributed by atoms with Crippen molar-refractivity contribution in [3.63, 3.8) is 0 Å². The van der Waals surface area contributed by atoms with Gasteiger partial charge >= 0.3 is 0 Å². The van der Waals surface area contributed by atoms with Crippen LogP contribution in [0.25, 0.3) is 0 Å². The molecule has 2 aliphatic heterocycles. The van der Waals surface area contributed by atoms with Gasteiger partial charge in [-0.15, -0.1) is 0 Å². The Labute approximate surface area is 134 Å². The number of rotatable bonds is 2. The van der Waals surface area contributed by atoms with Gasteiger partial charge in [0.1, 0.15) is 5.82 Å². The summed E-state index contributed by atoms with van der Waals surface area (Å²) < 4.78 is 3.95. The zero-order valence-electron chi connectivity index (χ0n) is 12.7. The van der Waals surface area contributed by atoms with Crippen molar-refractivity contribution in [3.05, 3.63) is 10.9 Å². The molecular weight excluding hydrogens is 300 g/mol. The first kappa shape index (κ1) is 15.3. The Hall–Kier alpha value is -1.63. The molecule has 0 spiro atoms. The molecule has 3 rings (SSSR count). The highest BCUT2D eigenvalue weighted by molar-refractivity contribution is 7.04. The minimum atomic E-state index is -0.0601. The minimum Gasteiger partial charge on any atom is -0.382 e. The zero-order chi connectivity index (χ0) is 15.5. The maximum Gasteiger partial charge on any atom is 0.258 e. The van der Waals surface area contributed by atoms with Crippen molar-refractivity contribution in [1.29, 1.82) is 0 Å². The molecule has 0 unspecified atom stereocenters. The zero-order valence-corrected chi connectivity index (χ0v) is 13.5. The normalized spacial score (nSPS) is 20.2. The van der Waals surface area contributed by atoms with Gasteiger partial charge in [-0.1, -0.05) is 0 Å². The van der Waals surface area contributed by atoms with E-state index in [1.165, 1.54) is 18.0 Å².